The zero-order valence-corrected chi connectivity index (χ0v) is 15.9. The fourth-order valence-corrected chi connectivity index (χ4v) is 3.58. The maximum Gasteiger partial charge on any atom is 0.410 e. The number of ether oxygens (including phenoxy) is 1. The van der Waals surface area contributed by atoms with E-state index in [1.54, 1.807) is 28.2 Å². The zero-order chi connectivity index (χ0) is 18.8. The van der Waals surface area contributed by atoms with Crippen LogP contribution in [0.2, 0.25) is 0 Å². The molecular weight excluding hydrogens is 417 g/mol. The van der Waals surface area contributed by atoms with Gasteiger partial charge in [-0.3, -0.25) is 9.88 Å². The summed E-state index contributed by atoms with van der Waals surface area (Å²) in [5, 5.41) is 8.26. The Morgan fingerprint density at radius 3 is 2.93 bits per heavy atom. The molecule has 4 rings (SSSR count). The Kier molecular flexibility index (Phi) is 5.02. The van der Waals surface area contributed by atoms with Gasteiger partial charge in [0.1, 0.15) is 11.9 Å². The lowest BCUT2D eigenvalue weighted by Gasteiger charge is -2.25. The van der Waals surface area contributed by atoms with Crippen LogP contribution in [-0.4, -0.2) is 49.7 Å². The standard InChI is InChI=1S/C18H17BrFN5O2/c19-8-13-2-1-12(9-21-13)16-4-3-14(7-17(16)20)25-11-15(27-18(25)26)10-24-6-5-22-23-24/h1-2,4-7,9,14-15H,3,8,10-11H2/t14?,15-/m0/s1. The van der Waals surface area contributed by atoms with E-state index in [4.69, 9.17) is 4.74 Å². The summed E-state index contributed by atoms with van der Waals surface area (Å²) in [5.74, 6) is -0.354. The number of rotatable bonds is 5. The maximum atomic E-state index is 14.7. The summed E-state index contributed by atoms with van der Waals surface area (Å²) in [6.07, 6.45) is 7.98. The Bertz CT molecular complexity index is 882. The number of amides is 1. The van der Waals surface area contributed by atoms with Crippen molar-refractivity contribution in [3.8, 4) is 0 Å². The van der Waals surface area contributed by atoms with Gasteiger partial charge >= 0.3 is 6.09 Å². The molecule has 2 aromatic heterocycles. The zero-order valence-electron chi connectivity index (χ0n) is 14.3. The van der Waals surface area contributed by atoms with Gasteiger partial charge in [0, 0.05) is 28.9 Å². The van der Waals surface area contributed by atoms with Crippen LogP contribution in [-0.2, 0) is 16.6 Å². The molecule has 2 aliphatic rings. The Balaban J connectivity index is 1.44. The van der Waals surface area contributed by atoms with Crippen LogP contribution < -0.4 is 0 Å². The Hall–Kier alpha value is -2.55. The molecule has 1 saturated heterocycles. The van der Waals surface area contributed by atoms with Crippen molar-refractivity contribution in [3.63, 3.8) is 0 Å². The summed E-state index contributed by atoms with van der Waals surface area (Å²) in [6.45, 7) is 0.811. The van der Waals surface area contributed by atoms with E-state index in [0.29, 0.717) is 30.4 Å². The number of halogens is 2. The lowest BCUT2D eigenvalue weighted by atomic mass is 9.96. The number of carbonyl (C=O) groups is 1. The van der Waals surface area contributed by atoms with Crippen LogP contribution in [0.15, 0.2) is 48.7 Å². The molecule has 1 fully saturated rings. The number of allylic oxidation sites excluding steroid dienone is 2. The first-order valence-electron chi connectivity index (χ1n) is 8.54. The van der Waals surface area contributed by atoms with Gasteiger partial charge in [0.2, 0.25) is 0 Å². The molecule has 3 heterocycles. The van der Waals surface area contributed by atoms with Crippen molar-refractivity contribution in [3.05, 3.63) is 60.0 Å². The van der Waals surface area contributed by atoms with E-state index < -0.39 is 6.09 Å². The molecule has 0 saturated carbocycles. The normalized spacial score (nSPS) is 22.4. The van der Waals surface area contributed by atoms with E-state index in [1.165, 1.54) is 6.08 Å². The Morgan fingerprint density at radius 2 is 2.26 bits per heavy atom. The largest absolute Gasteiger partial charge is 0.442 e. The smallest absolute Gasteiger partial charge is 0.410 e. The van der Waals surface area contributed by atoms with E-state index in [0.717, 1.165) is 11.3 Å². The van der Waals surface area contributed by atoms with Gasteiger partial charge in [-0.15, -0.1) is 5.10 Å². The van der Waals surface area contributed by atoms with Gasteiger partial charge in [0.15, 0.2) is 0 Å². The average molecular weight is 434 g/mol. The molecule has 2 aromatic rings. The SMILES string of the molecule is O=C1O[C@@H](Cn2ccnn2)CN1C1C=C(F)C(c2ccc(CBr)nc2)=CC1. The average Bonchev–Trinajstić information content (AvgIpc) is 3.31. The Morgan fingerprint density at radius 1 is 1.37 bits per heavy atom. The molecule has 0 N–H and O–H groups in total. The highest BCUT2D eigenvalue weighted by Gasteiger charge is 2.36. The summed E-state index contributed by atoms with van der Waals surface area (Å²) < 4.78 is 21.7. The van der Waals surface area contributed by atoms with Crippen molar-refractivity contribution >= 4 is 27.6 Å². The fourth-order valence-electron chi connectivity index (χ4n) is 3.24. The monoisotopic (exact) mass is 433 g/mol. The van der Waals surface area contributed by atoms with Gasteiger partial charge in [-0.05, 0) is 18.6 Å². The predicted molar refractivity (Wildman–Crippen MR) is 99.4 cm³/mol. The lowest BCUT2D eigenvalue weighted by molar-refractivity contribution is 0.121. The van der Waals surface area contributed by atoms with Gasteiger partial charge in [0.05, 0.1) is 31.0 Å². The minimum Gasteiger partial charge on any atom is -0.442 e. The van der Waals surface area contributed by atoms with Crippen LogP contribution >= 0.6 is 15.9 Å². The minimum absolute atomic E-state index is 0.331. The summed E-state index contributed by atoms with van der Waals surface area (Å²) >= 11 is 3.34. The number of hydrogen-bond donors (Lipinski definition) is 0. The first kappa shape index (κ1) is 17.8. The first-order chi connectivity index (χ1) is 13.1. The summed E-state index contributed by atoms with van der Waals surface area (Å²) in [7, 11) is 0. The van der Waals surface area contributed by atoms with Crippen LogP contribution in [0.4, 0.5) is 9.18 Å². The summed E-state index contributed by atoms with van der Waals surface area (Å²) in [6, 6.07) is 3.34. The van der Waals surface area contributed by atoms with E-state index >= 15 is 0 Å². The van der Waals surface area contributed by atoms with Gasteiger partial charge in [-0.25, -0.2) is 13.9 Å². The quantitative estimate of drug-likeness (QED) is 0.677. The molecule has 0 aromatic carbocycles. The van der Waals surface area contributed by atoms with Crippen LogP contribution in [0.25, 0.3) is 5.57 Å². The number of aromatic nitrogens is 4. The number of cyclic esters (lactones) is 1. The fraction of sp³-hybridized carbons (Fsp3) is 0.333. The van der Waals surface area contributed by atoms with Crippen LogP contribution in [0.3, 0.4) is 0 Å². The van der Waals surface area contributed by atoms with Gasteiger partial charge in [-0.1, -0.05) is 33.3 Å². The van der Waals surface area contributed by atoms with E-state index in [9.17, 15) is 9.18 Å². The lowest BCUT2D eigenvalue weighted by Crippen LogP contribution is -2.36. The Labute approximate surface area is 163 Å². The summed E-state index contributed by atoms with van der Waals surface area (Å²) in [5.41, 5.74) is 2.11. The van der Waals surface area contributed by atoms with Gasteiger partial charge < -0.3 is 4.74 Å². The van der Waals surface area contributed by atoms with Gasteiger partial charge in [0.25, 0.3) is 0 Å². The third-order valence-corrected chi connectivity index (χ3v) is 5.17. The second kappa shape index (κ2) is 7.59. The van der Waals surface area contributed by atoms with Crippen molar-refractivity contribution in [2.75, 3.05) is 6.54 Å². The number of nitrogens with zero attached hydrogens (tertiary/aromatic N) is 5. The van der Waals surface area contributed by atoms with Crippen molar-refractivity contribution in [2.45, 2.75) is 30.4 Å². The molecule has 9 heteroatoms. The minimum atomic E-state index is -0.436. The van der Waals surface area contributed by atoms with Crippen LogP contribution in [0, 0.1) is 0 Å². The molecule has 1 aliphatic heterocycles. The molecule has 1 aliphatic carbocycles. The van der Waals surface area contributed by atoms with Crippen molar-refractivity contribution in [2.24, 2.45) is 0 Å². The van der Waals surface area contributed by atoms with E-state index in [2.05, 4.69) is 31.2 Å². The van der Waals surface area contributed by atoms with Crippen molar-refractivity contribution in [1.82, 2.24) is 24.9 Å². The molecule has 0 bridgehead atoms. The van der Waals surface area contributed by atoms with E-state index in [-0.39, 0.29) is 18.0 Å². The molecule has 140 valence electrons. The number of alkyl halides is 1. The molecular formula is C18H17BrFN5O2. The molecule has 27 heavy (non-hydrogen) atoms. The number of carbonyl (C=O) groups excluding carboxylic acids is 1. The molecule has 2 atom stereocenters. The van der Waals surface area contributed by atoms with Crippen molar-refractivity contribution < 1.29 is 13.9 Å². The maximum absolute atomic E-state index is 14.7. The topological polar surface area (TPSA) is 73.1 Å². The van der Waals surface area contributed by atoms with Crippen LogP contribution in [0.1, 0.15) is 17.7 Å². The highest BCUT2D eigenvalue weighted by Crippen LogP contribution is 2.32. The second-order valence-electron chi connectivity index (χ2n) is 6.39. The molecule has 1 unspecified atom stereocenters. The predicted octanol–water partition coefficient (Wildman–Crippen LogP) is 3.10. The van der Waals surface area contributed by atoms with E-state index in [1.807, 2.05) is 18.2 Å². The molecule has 0 spiro atoms. The molecule has 1 amide bonds. The van der Waals surface area contributed by atoms with Crippen molar-refractivity contribution in [1.29, 1.82) is 0 Å². The number of pyridine rings is 1. The summed E-state index contributed by atoms with van der Waals surface area (Å²) in [4.78, 5) is 18.1. The third-order valence-electron chi connectivity index (χ3n) is 4.60. The first-order valence-corrected chi connectivity index (χ1v) is 9.66. The second-order valence-corrected chi connectivity index (χ2v) is 6.95. The molecule has 0 radical (unpaired) electrons. The highest BCUT2D eigenvalue weighted by atomic mass is 79.9. The third kappa shape index (κ3) is 3.78. The van der Waals surface area contributed by atoms with Crippen LogP contribution in [0.5, 0.6) is 0 Å². The number of hydrogen-bond acceptors (Lipinski definition) is 5. The molecule has 7 nitrogen and oxygen atoms in total. The highest BCUT2D eigenvalue weighted by molar-refractivity contribution is 9.08. The van der Waals surface area contributed by atoms with Gasteiger partial charge in [-0.2, -0.15) is 0 Å².